The lowest BCUT2D eigenvalue weighted by Crippen LogP contribution is -2.23. The predicted octanol–water partition coefficient (Wildman–Crippen LogP) is 3.24. The Kier molecular flexibility index (Phi) is 4.22. The lowest BCUT2D eigenvalue weighted by atomic mass is 10.1. The van der Waals surface area contributed by atoms with E-state index in [1.54, 1.807) is 6.07 Å². The van der Waals surface area contributed by atoms with E-state index in [2.05, 4.69) is 16.5 Å². The molecule has 5 nitrogen and oxygen atoms in total. The average Bonchev–Trinajstić information content (AvgIpc) is 2.50. The van der Waals surface area contributed by atoms with Crippen LogP contribution in [0.5, 0.6) is 11.5 Å². The van der Waals surface area contributed by atoms with Gasteiger partial charge in [0, 0.05) is 0 Å². The molecule has 1 heterocycles. The fraction of sp³-hybridized carbons (Fsp3) is 0.133. The number of nitrogens with zero attached hydrogens (tertiary/aromatic N) is 2. The second-order valence-electron chi connectivity index (χ2n) is 4.60. The van der Waals surface area contributed by atoms with Gasteiger partial charge >= 0.3 is 5.92 Å². The van der Waals surface area contributed by atoms with Crippen LogP contribution in [-0.2, 0) is 5.92 Å². The number of nitriles is 1. The summed E-state index contributed by atoms with van der Waals surface area (Å²) in [4.78, 5) is 17.3. The fourth-order valence-electron chi connectivity index (χ4n) is 1.69. The lowest BCUT2D eigenvalue weighted by molar-refractivity contribution is 0.0310. The molecule has 1 aromatic carbocycles. The number of H-pyrrole nitrogens is 1. The Hall–Kier alpha value is -3.08. The predicted molar refractivity (Wildman–Crippen MR) is 74.8 cm³/mol. The van der Waals surface area contributed by atoms with Gasteiger partial charge in [-0.25, -0.2) is 9.37 Å². The van der Waals surface area contributed by atoms with Crippen molar-refractivity contribution in [2.45, 2.75) is 12.8 Å². The summed E-state index contributed by atoms with van der Waals surface area (Å²) in [6.07, 6.45) is 0.781. The van der Waals surface area contributed by atoms with Gasteiger partial charge < -0.3 is 9.72 Å². The molecule has 1 N–H and O–H groups in total. The fourth-order valence-corrected chi connectivity index (χ4v) is 1.69. The standard InChI is InChI=1S/C15H10F3N3O2/c1-8(2)15(17,18)13-12(14(22)21-7-20-13)23-10-5-3-4-9(6-19)11(10)16/h3-5,7H,1H2,2H3,(H,20,21,22). The minimum Gasteiger partial charge on any atom is -0.446 e. The van der Waals surface area contributed by atoms with Crippen molar-refractivity contribution in [2.24, 2.45) is 0 Å². The van der Waals surface area contributed by atoms with Crippen molar-refractivity contribution in [3.8, 4) is 17.6 Å². The summed E-state index contributed by atoms with van der Waals surface area (Å²) in [7, 11) is 0. The summed E-state index contributed by atoms with van der Waals surface area (Å²) in [5.74, 6) is -6.12. The Balaban J connectivity index is 2.61. The van der Waals surface area contributed by atoms with Gasteiger partial charge in [-0.3, -0.25) is 4.79 Å². The highest BCUT2D eigenvalue weighted by Gasteiger charge is 2.39. The molecule has 0 aliphatic carbocycles. The van der Waals surface area contributed by atoms with E-state index in [1.807, 2.05) is 0 Å². The highest BCUT2D eigenvalue weighted by atomic mass is 19.3. The van der Waals surface area contributed by atoms with Crippen molar-refractivity contribution in [1.82, 2.24) is 9.97 Å². The van der Waals surface area contributed by atoms with Gasteiger partial charge in [-0.15, -0.1) is 0 Å². The van der Waals surface area contributed by atoms with Crippen LogP contribution in [0.4, 0.5) is 13.2 Å². The Morgan fingerprint density at radius 2 is 2.17 bits per heavy atom. The highest BCUT2D eigenvalue weighted by molar-refractivity contribution is 5.42. The van der Waals surface area contributed by atoms with Gasteiger partial charge in [0.2, 0.25) is 5.75 Å². The zero-order valence-corrected chi connectivity index (χ0v) is 11.9. The first kappa shape index (κ1) is 16.3. The number of alkyl halides is 2. The molecule has 0 aliphatic heterocycles. The number of halogens is 3. The maximum Gasteiger partial charge on any atom is 0.314 e. The minimum atomic E-state index is -3.65. The third-order valence-electron chi connectivity index (χ3n) is 2.94. The molecule has 0 radical (unpaired) electrons. The third kappa shape index (κ3) is 2.94. The minimum absolute atomic E-state index is 0.351. The average molecular weight is 321 g/mol. The van der Waals surface area contributed by atoms with Gasteiger partial charge in [-0.05, 0) is 24.6 Å². The molecule has 0 unspecified atom stereocenters. The maximum atomic E-state index is 14.1. The number of benzene rings is 1. The van der Waals surface area contributed by atoms with Crippen molar-refractivity contribution >= 4 is 0 Å². The van der Waals surface area contributed by atoms with E-state index < -0.39 is 40.1 Å². The van der Waals surface area contributed by atoms with Gasteiger partial charge in [0.1, 0.15) is 6.07 Å². The number of hydrogen-bond acceptors (Lipinski definition) is 4. The number of nitrogens with one attached hydrogen (secondary N) is 1. The molecule has 118 valence electrons. The van der Waals surface area contributed by atoms with E-state index in [-0.39, 0.29) is 5.56 Å². The molecule has 0 fully saturated rings. The maximum absolute atomic E-state index is 14.1. The first-order valence-electron chi connectivity index (χ1n) is 6.27. The largest absolute Gasteiger partial charge is 0.446 e. The number of aromatic amines is 1. The molecular weight excluding hydrogens is 311 g/mol. The van der Waals surface area contributed by atoms with Crippen molar-refractivity contribution in [1.29, 1.82) is 5.26 Å². The van der Waals surface area contributed by atoms with Crippen molar-refractivity contribution in [2.75, 3.05) is 0 Å². The molecule has 2 rings (SSSR count). The summed E-state index contributed by atoms with van der Waals surface area (Å²) >= 11 is 0. The van der Waals surface area contributed by atoms with E-state index in [9.17, 15) is 18.0 Å². The molecule has 0 saturated carbocycles. The van der Waals surface area contributed by atoms with Crippen LogP contribution in [0.2, 0.25) is 0 Å². The smallest absolute Gasteiger partial charge is 0.314 e. The van der Waals surface area contributed by atoms with E-state index in [0.29, 0.717) is 0 Å². The Labute approximate surface area is 128 Å². The molecule has 1 aromatic heterocycles. The van der Waals surface area contributed by atoms with E-state index in [1.165, 1.54) is 12.1 Å². The summed E-state index contributed by atoms with van der Waals surface area (Å²) in [6.45, 7) is 4.21. The van der Waals surface area contributed by atoms with E-state index >= 15 is 0 Å². The van der Waals surface area contributed by atoms with Gasteiger partial charge in [-0.2, -0.15) is 14.0 Å². The molecular formula is C15H10F3N3O2. The van der Waals surface area contributed by atoms with Crippen LogP contribution >= 0.6 is 0 Å². The Morgan fingerprint density at radius 3 is 2.78 bits per heavy atom. The second kappa shape index (κ2) is 5.96. The van der Waals surface area contributed by atoms with Gasteiger partial charge in [-0.1, -0.05) is 12.6 Å². The third-order valence-corrected chi connectivity index (χ3v) is 2.94. The first-order chi connectivity index (χ1) is 10.8. The van der Waals surface area contributed by atoms with Crippen LogP contribution in [0, 0.1) is 17.1 Å². The van der Waals surface area contributed by atoms with Crippen molar-refractivity contribution in [3.05, 3.63) is 64.1 Å². The van der Waals surface area contributed by atoms with Crippen LogP contribution in [0.3, 0.4) is 0 Å². The highest BCUT2D eigenvalue weighted by Crippen LogP contribution is 2.38. The first-order valence-corrected chi connectivity index (χ1v) is 6.27. The normalized spacial score (nSPS) is 10.9. The van der Waals surface area contributed by atoms with Gasteiger partial charge in [0.25, 0.3) is 5.56 Å². The van der Waals surface area contributed by atoms with E-state index in [4.69, 9.17) is 10.00 Å². The molecule has 0 amide bonds. The number of allylic oxidation sites excluding steroid dienone is 1. The van der Waals surface area contributed by atoms with E-state index in [0.717, 1.165) is 19.3 Å². The number of hydrogen-bond donors (Lipinski definition) is 1. The molecule has 0 atom stereocenters. The van der Waals surface area contributed by atoms with Gasteiger partial charge in [0.15, 0.2) is 17.3 Å². The van der Waals surface area contributed by atoms with Crippen LogP contribution in [0.15, 0.2) is 41.5 Å². The zero-order chi connectivity index (χ0) is 17.2. The number of rotatable bonds is 4. The summed E-state index contributed by atoms with van der Waals surface area (Å²) in [5, 5.41) is 8.76. The quantitative estimate of drug-likeness (QED) is 0.877. The molecule has 23 heavy (non-hydrogen) atoms. The second-order valence-corrected chi connectivity index (χ2v) is 4.60. The molecule has 0 spiro atoms. The van der Waals surface area contributed by atoms with Crippen LogP contribution in [-0.4, -0.2) is 9.97 Å². The lowest BCUT2D eigenvalue weighted by Gasteiger charge is -2.18. The molecule has 2 aromatic rings. The van der Waals surface area contributed by atoms with Crippen LogP contribution in [0.25, 0.3) is 0 Å². The Morgan fingerprint density at radius 1 is 1.48 bits per heavy atom. The number of ether oxygens (including phenoxy) is 1. The number of aromatic nitrogens is 2. The summed E-state index contributed by atoms with van der Waals surface area (Å²) in [6, 6.07) is 5.15. The molecule has 0 bridgehead atoms. The summed E-state index contributed by atoms with van der Waals surface area (Å²) in [5.41, 5.74) is -2.92. The van der Waals surface area contributed by atoms with Crippen LogP contribution in [0.1, 0.15) is 18.2 Å². The summed E-state index contributed by atoms with van der Waals surface area (Å²) < 4.78 is 47.2. The topological polar surface area (TPSA) is 78.8 Å². The monoisotopic (exact) mass is 321 g/mol. The zero-order valence-electron chi connectivity index (χ0n) is 11.9. The SMILES string of the molecule is C=C(C)C(F)(F)c1nc[nH]c(=O)c1Oc1cccc(C#N)c1F. The van der Waals surface area contributed by atoms with Gasteiger partial charge in [0.05, 0.1) is 11.9 Å². The van der Waals surface area contributed by atoms with Crippen molar-refractivity contribution < 1.29 is 17.9 Å². The Bertz CT molecular complexity index is 869. The molecule has 0 aliphatic rings. The van der Waals surface area contributed by atoms with Crippen molar-refractivity contribution in [3.63, 3.8) is 0 Å². The molecule has 0 saturated heterocycles. The molecule has 8 heteroatoms. The van der Waals surface area contributed by atoms with Crippen LogP contribution < -0.4 is 10.3 Å².